The first kappa shape index (κ1) is 48.8. The number of nitrogens with one attached hydrogen (secondary N) is 4. The number of amidine groups is 1. The molecule has 1 aromatic rings. The van der Waals surface area contributed by atoms with Crippen LogP contribution in [0.5, 0.6) is 0 Å². The molecule has 14 heteroatoms. The molecule has 4 rings (SSSR count). The van der Waals surface area contributed by atoms with Gasteiger partial charge < -0.3 is 26.6 Å². The Bertz CT molecular complexity index is 940. The van der Waals surface area contributed by atoms with Crippen molar-refractivity contribution in [1.82, 2.24) is 30.8 Å². The van der Waals surface area contributed by atoms with Crippen LogP contribution in [-0.2, 0) is 0 Å². The lowest BCUT2D eigenvalue weighted by Crippen LogP contribution is -2.34. The molecule has 0 aliphatic carbocycles. The Labute approximate surface area is 284 Å². The number of hydrogen-bond acceptors (Lipinski definition) is 8. The molecule has 0 unspecified atom stereocenters. The average molecular weight is 688 g/mol. The van der Waals surface area contributed by atoms with Gasteiger partial charge in [-0.1, -0.05) is 38.1 Å². The Kier molecular flexibility index (Phi) is 32.9. The molecule has 3 fully saturated rings. The second-order valence-corrected chi connectivity index (χ2v) is 11.4. The van der Waals surface area contributed by atoms with E-state index in [9.17, 15) is 0 Å². The number of hydrogen-bond donors (Lipinski definition) is 5. The average Bonchev–Trinajstić information content (AvgIpc) is 2.95. The molecule has 4 heterocycles. The molecule has 1 aromatic heterocycles. The number of piperidine rings is 3. The first-order valence-corrected chi connectivity index (χ1v) is 14.8. The Hall–Kier alpha value is -2.07. The van der Waals surface area contributed by atoms with Gasteiger partial charge in [0.25, 0.3) is 0 Å². The summed E-state index contributed by atoms with van der Waals surface area (Å²) < 4.78 is 1.91. The van der Waals surface area contributed by atoms with Crippen molar-refractivity contribution in [2.24, 2.45) is 17.6 Å². The van der Waals surface area contributed by atoms with Crippen molar-refractivity contribution >= 4 is 47.7 Å². The zero-order valence-electron chi connectivity index (χ0n) is 25.4. The third kappa shape index (κ3) is 24.3. The summed E-state index contributed by atoms with van der Waals surface area (Å²) in [6, 6.07) is 2.26. The highest BCUT2D eigenvalue weighted by atomic mass is 35.5. The highest BCUT2D eigenvalue weighted by molar-refractivity contribution is 6.38. The van der Waals surface area contributed by atoms with E-state index in [2.05, 4.69) is 32.0 Å². The normalized spacial score (nSPS) is 16.6. The molecule has 0 spiro atoms. The van der Waals surface area contributed by atoms with E-state index in [0.717, 1.165) is 88.7 Å². The van der Waals surface area contributed by atoms with Crippen molar-refractivity contribution in [3.63, 3.8) is 0 Å². The van der Waals surface area contributed by atoms with Crippen molar-refractivity contribution in [2.75, 3.05) is 67.5 Å². The Morgan fingerprint density at radius 2 is 1.43 bits per heavy atom. The van der Waals surface area contributed by atoms with Crippen LogP contribution in [0, 0.1) is 28.6 Å². The molecule has 0 amide bonds. The first-order valence-electron chi connectivity index (χ1n) is 14.0. The molecule has 0 bridgehead atoms. The molecule has 3 aliphatic heterocycles. The van der Waals surface area contributed by atoms with E-state index < -0.39 is 0 Å². The van der Waals surface area contributed by atoms with E-state index in [1.165, 1.54) is 0 Å². The van der Waals surface area contributed by atoms with E-state index in [4.69, 9.17) is 39.6 Å². The maximum Gasteiger partial charge on any atom is 0.183 e. The van der Waals surface area contributed by atoms with Crippen LogP contribution >= 0.6 is 35.6 Å². The molecule has 6 N–H and O–H groups in total. The minimum Gasteiger partial charge on any atom is -0.387 e. The van der Waals surface area contributed by atoms with Crippen LogP contribution in [0.3, 0.4) is 0 Å². The number of halogens is 4. The Morgan fingerprint density at radius 3 is 1.77 bits per heavy atom. The largest absolute Gasteiger partial charge is 0.387 e. The van der Waals surface area contributed by atoms with Gasteiger partial charge in [0.15, 0.2) is 6.21 Å². The molecule has 258 valence electrons. The zero-order chi connectivity index (χ0) is 29.8. The van der Waals surface area contributed by atoms with Crippen molar-refractivity contribution in [3.05, 3.63) is 34.5 Å². The first-order chi connectivity index (χ1) is 19.1. The molecular formula is C30H61Cl3FN10+. The lowest BCUT2D eigenvalue weighted by molar-refractivity contribution is -0.458. The zero-order valence-corrected chi connectivity index (χ0v) is 27.7. The standard InChI is InChI=1S/C9H12ClN3.C7H14ClN2.C6H13N3.C6H10N2.2CH4.ClH.FH.H2/c10-8-5-12-9(13-6-8)7-1-3-11-4-2-7;1-9(2)5-7(8)6-10(3)4;7-6(8)5-1-3-9-4-2-5;7-5-6-1-3-8-4-2-6;;;;;/h5-7,11H,1-4H2;5-6H,1-4H3;5,9H,1-4H2,(H3,7,8);6,8H,1-4H2;2*1H4;3*1H/q;+1;;;;;;;/i;;;;;;;;1+1. The summed E-state index contributed by atoms with van der Waals surface area (Å²) in [6.07, 6.45) is 13.4. The number of allylic oxidation sites excluding steroid dienone is 1. The maximum atomic E-state index is 8.41. The molecule has 0 atom stereocenters. The van der Waals surface area contributed by atoms with Crippen LogP contribution in [0.2, 0.25) is 5.02 Å². The van der Waals surface area contributed by atoms with Crippen molar-refractivity contribution < 1.29 is 10.7 Å². The Balaban J connectivity index is -0.000000155. The van der Waals surface area contributed by atoms with E-state index in [-0.39, 0.29) is 33.4 Å². The van der Waals surface area contributed by atoms with Crippen LogP contribution in [0.15, 0.2) is 23.6 Å². The lowest BCUT2D eigenvalue weighted by Gasteiger charge is -2.20. The third-order valence-corrected chi connectivity index (χ3v) is 6.80. The van der Waals surface area contributed by atoms with Gasteiger partial charge in [-0.3, -0.25) is 10.1 Å². The van der Waals surface area contributed by atoms with Crippen molar-refractivity contribution in [2.45, 2.75) is 59.3 Å². The van der Waals surface area contributed by atoms with E-state index >= 15 is 0 Å². The molecule has 0 aromatic carbocycles. The SMILES string of the molecule is C.C.CN(C)/C=C(\Cl)C=[N+](C)C.Cl.Clc1cnc(C2CCNCC2)nc1.F.N#CC1CCNCC1.N=C(N)C1CCNCC1.[2HH]. The van der Waals surface area contributed by atoms with Gasteiger partial charge in [0.05, 0.1) is 16.9 Å². The fourth-order valence-electron chi connectivity index (χ4n) is 4.22. The van der Waals surface area contributed by atoms with Crippen molar-refractivity contribution in [3.8, 4) is 6.07 Å². The van der Waals surface area contributed by atoms with Crippen LogP contribution in [0.4, 0.5) is 4.70 Å². The summed E-state index contributed by atoms with van der Waals surface area (Å²) in [4.78, 5) is 10.4. The number of aromatic nitrogens is 2. The molecule has 3 saturated heterocycles. The highest BCUT2D eigenvalue weighted by Gasteiger charge is 2.17. The summed E-state index contributed by atoms with van der Waals surface area (Å²) in [5.41, 5.74) is 5.32. The van der Waals surface area contributed by atoms with E-state index in [1.54, 1.807) is 12.4 Å². The molecule has 0 saturated carbocycles. The van der Waals surface area contributed by atoms with Crippen LogP contribution in [-0.4, -0.2) is 99.0 Å². The van der Waals surface area contributed by atoms with E-state index in [1.807, 2.05) is 50.1 Å². The monoisotopic (exact) mass is 686 g/mol. The lowest BCUT2D eigenvalue weighted by atomic mass is 9.97. The highest BCUT2D eigenvalue weighted by Crippen LogP contribution is 2.21. The topological polar surface area (TPSA) is 142 Å². The summed E-state index contributed by atoms with van der Waals surface area (Å²) in [7, 11) is 7.75. The van der Waals surface area contributed by atoms with Gasteiger partial charge in [-0.15, -0.1) is 12.4 Å². The smallest absolute Gasteiger partial charge is 0.183 e. The molecule has 0 radical (unpaired) electrons. The predicted molar refractivity (Wildman–Crippen MR) is 192 cm³/mol. The van der Waals surface area contributed by atoms with Gasteiger partial charge >= 0.3 is 0 Å². The quantitative estimate of drug-likeness (QED) is 0.168. The fourth-order valence-corrected chi connectivity index (χ4v) is 4.71. The number of nitrogens with zero attached hydrogens (tertiary/aromatic N) is 5. The van der Waals surface area contributed by atoms with Gasteiger partial charge in [0.1, 0.15) is 25.0 Å². The summed E-state index contributed by atoms with van der Waals surface area (Å²) in [5, 5.41) is 26.6. The predicted octanol–water partition coefficient (Wildman–Crippen LogP) is 5.09. The van der Waals surface area contributed by atoms with Gasteiger partial charge in [0, 0.05) is 51.9 Å². The van der Waals surface area contributed by atoms with E-state index in [0.29, 0.717) is 28.6 Å². The number of nitrogens with two attached hydrogens (primary N) is 1. The van der Waals surface area contributed by atoms with Crippen LogP contribution in [0.25, 0.3) is 0 Å². The Morgan fingerprint density at radius 1 is 1.00 bits per heavy atom. The molecule has 3 aliphatic rings. The van der Waals surface area contributed by atoms with Gasteiger partial charge in [-0.2, -0.15) is 5.26 Å². The maximum absolute atomic E-state index is 8.41. The minimum atomic E-state index is 0. The third-order valence-electron chi connectivity index (χ3n) is 6.41. The summed E-state index contributed by atoms with van der Waals surface area (Å²) in [6.45, 7) is 6.22. The van der Waals surface area contributed by atoms with Gasteiger partial charge in [-0.25, -0.2) is 14.5 Å². The second kappa shape index (κ2) is 29.6. The molecular weight excluding hydrogens is 626 g/mol. The van der Waals surface area contributed by atoms with Gasteiger partial charge in [-0.05, 0) is 77.8 Å². The number of nitriles is 1. The number of rotatable bonds is 4. The molecule has 10 nitrogen and oxygen atoms in total. The van der Waals surface area contributed by atoms with Gasteiger partial charge in [0.2, 0.25) is 0 Å². The minimum absolute atomic E-state index is 0. The summed E-state index contributed by atoms with van der Waals surface area (Å²) in [5.74, 6) is 2.49. The van der Waals surface area contributed by atoms with Crippen molar-refractivity contribution in [1.29, 1.82) is 10.7 Å². The van der Waals surface area contributed by atoms with Crippen LogP contribution in [0.1, 0.15) is 66.5 Å². The fraction of sp³-hybridized carbons (Fsp3) is 0.700. The summed E-state index contributed by atoms with van der Waals surface area (Å²) >= 11 is 11.5. The second-order valence-electron chi connectivity index (χ2n) is 10.5. The van der Waals surface area contributed by atoms with Crippen LogP contribution < -0.4 is 21.7 Å². The molecule has 44 heavy (non-hydrogen) atoms.